The maximum absolute atomic E-state index is 9.47. The Balaban J connectivity index is 2.06. The number of pyridine rings is 1. The molecule has 1 aromatic carbocycles. The second kappa shape index (κ2) is 6.07. The highest BCUT2D eigenvalue weighted by Gasteiger charge is 2.23. The summed E-state index contributed by atoms with van der Waals surface area (Å²) in [6.45, 7) is 2.79. The first-order valence-corrected chi connectivity index (χ1v) is 7.69. The Bertz CT molecular complexity index is 729. The second-order valence-electron chi connectivity index (χ2n) is 5.51. The van der Waals surface area contributed by atoms with Crippen molar-refractivity contribution in [1.82, 2.24) is 4.98 Å². The Morgan fingerprint density at radius 2 is 2.05 bits per heavy atom. The van der Waals surface area contributed by atoms with E-state index in [2.05, 4.69) is 18.0 Å². The minimum Gasteiger partial charge on any atom is -0.494 e. The van der Waals surface area contributed by atoms with Crippen molar-refractivity contribution in [3.8, 4) is 22.9 Å². The number of nitrogens with two attached hydrogens (primary N) is 1. The van der Waals surface area contributed by atoms with Crippen LogP contribution in [-0.2, 0) is 12.8 Å². The minimum absolute atomic E-state index is 0.337. The molecule has 2 N–H and O–H groups in total. The smallest absolute Gasteiger partial charge is 0.142 e. The molecule has 0 atom stereocenters. The molecule has 1 heterocycles. The first kappa shape index (κ1) is 14.4. The fourth-order valence-corrected chi connectivity index (χ4v) is 2.97. The largest absolute Gasteiger partial charge is 0.494 e. The van der Waals surface area contributed by atoms with Crippen molar-refractivity contribution < 1.29 is 4.74 Å². The molecule has 1 aliphatic rings. The molecule has 0 bridgehead atoms. The van der Waals surface area contributed by atoms with Crippen LogP contribution in [0.15, 0.2) is 24.3 Å². The first-order chi connectivity index (χ1) is 10.7. The summed E-state index contributed by atoms with van der Waals surface area (Å²) >= 11 is 0. The molecule has 1 aliphatic carbocycles. The molecule has 22 heavy (non-hydrogen) atoms. The van der Waals surface area contributed by atoms with E-state index in [4.69, 9.17) is 10.5 Å². The number of anilines is 1. The Kier molecular flexibility index (Phi) is 3.97. The third-order valence-electron chi connectivity index (χ3n) is 3.98. The molecule has 2 aromatic rings. The molecule has 0 saturated carbocycles. The van der Waals surface area contributed by atoms with Crippen molar-refractivity contribution in [1.29, 1.82) is 5.26 Å². The molecule has 0 unspecified atom stereocenters. The number of rotatable bonds is 4. The van der Waals surface area contributed by atoms with E-state index in [-0.39, 0.29) is 0 Å². The lowest BCUT2D eigenvalue weighted by Crippen LogP contribution is -2.03. The zero-order chi connectivity index (χ0) is 15.5. The van der Waals surface area contributed by atoms with Gasteiger partial charge in [0.2, 0.25) is 0 Å². The lowest BCUT2D eigenvalue weighted by molar-refractivity contribution is 0.317. The van der Waals surface area contributed by atoms with Gasteiger partial charge in [0.15, 0.2) is 0 Å². The Labute approximate surface area is 130 Å². The molecule has 0 radical (unpaired) electrons. The van der Waals surface area contributed by atoms with Crippen LogP contribution in [0.2, 0.25) is 0 Å². The number of ether oxygens (including phenoxy) is 1. The Morgan fingerprint density at radius 1 is 1.27 bits per heavy atom. The zero-order valence-electron chi connectivity index (χ0n) is 12.7. The van der Waals surface area contributed by atoms with E-state index in [0.717, 1.165) is 48.3 Å². The monoisotopic (exact) mass is 293 g/mol. The van der Waals surface area contributed by atoms with Crippen molar-refractivity contribution in [3.05, 3.63) is 41.1 Å². The van der Waals surface area contributed by atoms with Crippen LogP contribution < -0.4 is 10.5 Å². The SMILES string of the molecule is CCCOc1ccc(-c2c(C#N)c(N)nc3c2CCC3)cc1. The standard InChI is InChI=1S/C18H19N3O/c1-2-10-22-13-8-6-12(7-9-13)17-14-4-3-5-16(14)21-18(20)15(17)11-19/h6-9H,2-5,10H2,1H3,(H2,20,21). The average molecular weight is 293 g/mol. The third-order valence-corrected chi connectivity index (χ3v) is 3.98. The quantitative estimate of drug-likeness (QED) is 0.936. The number of nitrogen functional groups attached to an aromatic ring is 1. The topological polar surface area (TPSA) is 71.9 Å². The second-order valence-corrected chi connectivity index (χ2v) is 5.51. The van der Waals surface area contributed by atoms with E-state index in [9.17, 15) is 5.26 Å². The molecule has 1 aromatic heterocycles. The highest BCUT2D eigenvalue weighted by Crippen LogP contribution is 2.36. The van der Waals surface area contributed by atoms with Crippen molar-refractivity contribution in [3.63, 3.8) is 0 Å². The molecule has 4 nitrogen and oxygen atoms in total. The number of aryl methyl sites for hydroxylation is 1. The summed E-state index contributed by atoms with van der Waals surface area (Å²) in [7, 11) is 0. The maximum atomic E-state index is 9.47. The third kappa shape index (κ3) is 2.50. The molecule has 112 valence electrons. The van der Waals surface area contributed by atoms with Gasteiger partial charge in [0.1, 0.15) is 23.2 Å². The van der Waals surface area contributed by atoms with E-state index in [1.807, 2.05) is 24.3 Å². The van der Waals surface area contributed by atoms with Gasteiger partial charge in [-0.2, -0.15) is 5.26 Å². The van der Waals surface area contributed by atoms with E-state index in [1.54, 1.807) is 0 Å². The fourth-order valence-electron chi connectivity index (χ4n) is 2.97. The molecule has 0 aliphatic heterocycles. The summed E-state index contributed by atoms with van der Waals surface area (Å²) in [5.41, 5.74) is 10.6. The molecule has 0 fully saturated rings. The lowest BCUT2D eigenvalue weighted by Gasteiger charge is -2.13. The summed E-state index contributed by atoms with van der Waals surface area (Å²) in [5, 5.41) is 9.47. The first-order valence-electron chi connectivity index (χ1n) is 7.69. The van der Waals surface area contributed by atoms with Crippen molar-refractivity contribution in [2.24, 2.45) is 0 Å². The van der Waals surface area contributed by atoms with E-state index in [1.165, 1.54) is 5.56 Å². The molecule has 4 heteroatoms. The Morgan fingerprint density at radius 3 is 2.73 bits per heavy atom. The number of nitriles is 1. The maximum Gasteiger partial charge on any atom is 0.142 e. The normalized spacial score (nSPS) is 12.7. The summed E-state index contributed by atoms with van der Waals surface area (Å²) in [6.07, 6.45) is 3.95. The van der Waals surface area contributed by atoms with Crippen LogP contribution in [-0.4, -0.2) is 11.6 Å². The van der Waals surface area contributed by atoms with Crippen LogP contribution in [0.4, 0.5) is 5.82 Å². The van der Waals surface area contributed by atoms with Crippen LogP contribution in [0.5, 0.6) is 5.75 Å². The van der Waals surface area contributed by atoms with Gasteiger partial charge in [-0.15, -0.1) is 0 Å². The van der Waals surface area contributed by atoms with Gasteiger partial charge in [-0.25, -0.2) is 4.98 Å². The van der Waals surface area contributed by atoms with Gasteiger partial charge in [0.05, 0.1) is 6.61 Å². The van der Waals surface area contributed by atoms with E-state index < -0.39 is 0 Å². The summed E-state index contributed by atoms with van der Waals surface area (Å²) < 4.78 is 5.62. The molecule has 0 amide bonds. The van der Waals surface area contributed by atoms with Crippen molar-refractivity contribution >= 4 is 5.82 Å². The Hall–Kier alpha value is -2.54. The molecule has 3 rings (SSSR count). The van der Waals surface area contributed by atoms with Crippen LogP contribution in [0.25, 0.3) is 11.1 Å². The van der Waals surface area contributed by atoms with Crippen LogP contribution >= 0.6 is 0 Å². The number of fused-ring (bicyclic) bond motifs is 1. The molecule has 0 spiro atoms. The van der Waals surface area contributed by atoms with Crippen molar-refractivity contribution in [2.75, 3.05) is 12.3 Å². The zero-order valence-corrected chi connectivity index (χ0v) is 12.7. The predicted octanol–water partition coefficient (Wildman–Crippen LogP) is 3.48. The lowest BCUT2D eigenvalue weighted by atomic mass is 9.94. The number of benzene rings is 1. The number of hydrogen-bond donors (Lipinski definition) is 1. The van der Waals surface area contributed by atoms with Crippen LogP contribution in [0.3, 0.4) is 0 Å². The van der Waals surface area contributed by atoms with Crippen molar-refractivity contribution in [2.45, 2.75) is 32.6 Å². The number of hydrogen-bond acceptors (Lipinski definition) is 4. The average Bonchev–Trinajstić information content (AvgIpc) is 3.00. The molecular formula is C18H19N3O. The molecule has 0 saturated heterocycles. The van der Waals surface area contributed by atoms with Gasteiger partial charge in [-0.1, -0.05) is 19.1 Å². The highest BCUT2D eigenvalue weighted by molar-refractivity contribution is 5.79. The number of aromatic nitrogens is 1. The van der Waals surface area contributed by atoms with Gasteiger partial charge in [0, 0.05) is 11.3 Å². The van der Waals surface area contributed by atoms with Gasteiger partial charge in [-0.3, -0.25) is 0 Å². The summed E-state index contributed by atoms with van der Waals surface area (Å²) in [6, 6.07) is 10.1. The minimum atomic E-state index is 0.337. The van der Waals surface area contributed by atoms with Gasteiger partial charge in [0.25, 0.3) is 0 Å². The molecular weight excluding hydrogens is 274 g/mol. The van der Waals surface area contributed by atoms with Gasteiger partial charge < -0.3 is 10.5 Å². The highest BCUT2D eigenvalue weighted by atomic mass is 16.5. The van der Waals surface area contributed by atoms with Crippen LogP contribution in [0, 0.1) is 11.3 Å². The summed E-state index contributed by atoms with van der Waals surface area (Å²) in [5.74, 6) is 1.19. The number of nitrogens with zero attached hydrogens (tertiary/aromatic N) is 2. The van der Waals surface area contributed by atoms with Crippen LogP contribution in [0.1, 0.15) is 36.6 Å². The summed E-state index contributed by atoms with van der Waals surface area (Å²) in [4.78, 5) is 4.40. The van der Waals surface area contributed by atoms with Gasteiger partial charge in [-0.05, 0) is 48.9 Å². The predicted molar refractivity (Wildman–Crippen MR) is 86.6 cm³/mol. The van der Waals surface area contributed by atoms with E-state index >= 15 is 0 Å². The fraction of sp³-hybridized carbons (Fsp3) is 0.333. The van der Waals surface area contributed by atoms with Gasteiger partial charge >= 0.3 is 0 Å². The van der Waals surface area contributed by atoms with E-state index in [0.29, 0.717) is 18.0 Å².